The molecule has 1 heterocycles. The lowest BCUT2D eigenvalue weighted by molar-refractivity contribution is 0.153. The van der Waals surface area contributed by atoms with Crippen molar-refractivity contribution in [2.75, 3.05) is 0 Å². The van der Waals surface area contributed by atoms with Gasteiger partial charge in [0, 0.05) is 0 Å². The van der Waals surface area contributed by atoms with Crippen LogP contribution in [-0.2, 0) is 4.74 Å². The molecule has 1 aliphatic carbocycles. The van der Waals surface area contributed by atoms with E-state index in [2.05, 4.69) is 10.6 Å². The van der Waals surface area contributed by atoms with E-state index in [0.29, 0.717) is 12.2 Å². The Labute approximate surface area is 94.1 Å². The normalized spacial score (nSPS) is 24.1. The van der Waals surface area contributed by atoms with E-state index in [-0.39, 0.29) is 24.0 Å². The highest BCUT2D eigenvalue weighted by atomic mass is 16.5. The first-order chi connectivity index (χ1) is 7.58. The summed E-state index contributed by atoms with van der Waals surface area (Å²) in [5.74, 6) is 0.803. The van der Waals surface area contributed by atoms with E-state index in [4.69, 9.17) is 10.1 Å². The molecule has 0 aromatic carbocycles. The average molecular weight is 221 g/mol. The molecule has 5 nitrogen and oxygen atoms in total. The van der Waals surface area contributed by atoms with Crippen LogP contribution >= 0.6 is 0 Å². The number of hydrogen-bond donors (Lipinski definition) is 3. The van der Waals surface area contributed by atoms with Crippen molar-refractivity contribution in [2.24, 2.45) is 0 Å². The summed E-state index contributed by atoms with van der Waals surface area (Å²) in [6.07, 6.45) is 4.57. The molecular formula is C11H15N3O2. The Bertz CT molecular complexity index is 396. The Kier molecular flexibility index (Phi) is 2.68. The fraction of sp³-hybridized carbons (Fsp3) is 0.455. The number of hydrogen-bond acceptors (Lipinski definition) is 3. The molecule has 3 N–H and O–H groups in total. The highest BCUT2D eigenvalue weighted by molar-refractivity contribution is 6.09. The zero-order valence-corrected chi connectivity index (χ0v) is 9.33. The number of allylic oxidation sites excluding steroid dienone is 1. The third-order valence-corrected chi connectivity index (χ3v) is 2.43. The van der Waals surface area contributed by atoms with E-state index in [0.717, 1.165) is 5.57 Å². The molecule has 1 unspecified atom stereocenters. The van der Waals surface area contributed by atoms with Crippen LogP contribution in [0, 0.1) is 5.41 Å². The minimum Gasteiger partial charge on any atom is -0.491 e. The number of carbonyl (C=O) groups is 1. The van der Waals surface area contributed by atoms with Crippen LogP contribution in [0.3, 0.4) is 0 Å². The SMILES string of the molecule is CC(C)OC1=C2C(=N)NC(=O)NC2CC=C1. The van der Waals surface area contributed by atoms with Crippen molar-refractivity contribution in [3.8, 4) is 0 Å². The Morgan fingerprint density at radius 3 is 3.00 bits per heavy atom. The van der Waals surface area contributed by atoms with Crippen LogP contribution in [0.2, 0.25) is 0 Å². The van der Waals surface area contributed by atoms with Gasteiger partial charge >= 0.3 is 6.03 Å². The molecule has 86 valence electrons. The van der Waals surface area contributed by atoms with Crippen LogP contribution < -0.4 is 10.6 Å². The van der Waals surface area contributed by atoms with Gasteiger partial charge in [0.05, 0.1) is 17.7 Å². The highest BCUT2D eigenvalue weighted by Gasteiger charge is 2.31. The number of urea groups is 1. The summed E-state index contributed by atoms with van der Waals surface area (Å²) in [5, 5.41) is 13.0. The van der Waals surface area contributed by atoms with Crippen molar-refractivity contribution < 1.29 is 9.53 Å². The van der Waals surface area contributed by atoms with Crippen LogP contribution in [0.4, 0.5) is 4.79 Å². The molecule has 0 aromatic rings. The first-order valence-electron chi connectivity index (χ1n) is 5.31. The second-order valence-electron chi connectivity index (χ2n) is 4.11. The number of rotatable bonds is 2. The van der Waals surface area contributed by atoms with E-state index in [1.165, 1.54) is 0 Å². The van der Waals surface area contributed by atoms with Crippen LogP contribution in [0.5, 0.6) is 0 Å². The molecule has 0 bridgehead atoms. The predicted molar refractivity (Wildman–Crippen MR) is 60.2 cm³/mol. The zero-order valence-electron chi connectivity index (χ0n) is 9.33. The van der Waals surface area contributed by atoms with Crippen LogP contribution in [-0.4, -0.2) is 24.0 Å². The van der Waals surface area contributed by atoms with Gasteiger partial charge in [-0.05, 0) is 26.3 Å². The van der Waals surface area contributed by atoms with E-state index in [1.54, 1.807) is 0 Å². The van der Waals surface area contributed by atoms with Crippen molar-refractivity contribution >= 4 is 11.9 Å². The van der Waals surface area contributed by atoms with Gasteiger partial charge in [-0.3, -0.25) is 10.7 Å². The first-order valence-corrected chi connectivity index (χ1v) is 5.31. The molecule has 2 aliphatic rings. The molecule has 0 saturated carbocycles. The highest BCUT2D eigenvalue weighted by Crippen LogP contribution is 2.23. The number of carbonyl (C=O) groups excluding carboxylic acids is 1. The third kappa shape index (κ3) is 1.93. The van der Waals surface area contributed by atoms with E-state index in [1.807, 2.05) is 26.0 Å². The molecule has 2 amide bonds. The van der Waals surface area contributed by atoms with Crippen molar-refractivity contribution in [3.63, 3.8) is 0 Å². The minimum atomic E-state index is -0.321. The van der Waals surface area contributed by atoms with Gasteiger partial charge in [0.2, 0.25) is 0 Å². The summed E-state index contributed by atoms with van der Waals surface area (Å²) >= 11 is 0. The van der Waals surface area contributed by atoms with E-state index in [9.17, 15) is 4.79 Å². The zero-order chi connectivity index (χ0) is 11.7. The van der Waals surface area contributed by atoms with Crippen molar-refractivity contribution in [3.05, 3.63) is 23.5 Å². The number of ether oxygens (including phenoxy) is 1. The monoisotopic (exact) mass is 221 g/mol. The van der Waals surface area contributed by atoms with Gasteiger partial charge in [-0.1, -0.05) is 6.08 Å². The van der Waals surface area contributed by atoms with Crippen LogP contribution in [0.15, 0.2) is 23.5 Å². The summed E-state index contributed by atoms with van der Waals surface area (Å²) in [6, 6.07) is -0.460. The molecule has 1 fully saturated rings. The Morgan fingerprint density at radius 1 is 1.56 bits per heavy atom. The van der Waals surface area contributed by atoms with Gasteiger partial charge < -0.3 is 10.1 Å². The fourth-order valence-electron chi connectivity index (χ4n) is 1.85. The minimum absolute atomic E-state index is 0.0522. The number of amides is 2. The molecule has 5 heteroatoms. The maximum Gasteiger partial charge on any atom is 0.320 e. The molecule has 0 aromatic heterocycles. The molecule has 0 spiro atoms. The Hall–Kier alpha value is -1.78. The summed E-state index contributed by atoms with van der Waals surface area (Å²) in [5.41, 5.74) is 0.732. The van der Waals surface area contributed by atoms with Gasteiger partial charge in [0.15, 0.2) is 0 Å². The lowest BCUT2D eigenvalue weighted by Gasteiger charge is -2.31. The summed E-state index contributed by atoms with van der Waals surface area (Å²) in [4.78, 5) is 11.2. The molecule has 1 atom stereocenters. The maximum atomic E-state index is 11.2. The van der Waals surface area contributed by atoms with Gasteiger partial charge in [0.1, 0.15) is 11.6 Å². The lowest BCUT2D eigenvalue weighted by atomic mass is 9.95. The van der Waals surface area contributed by atoms with E-state index < -0.39 is 0 Å². The Balaban J connectivity index is 2.32. The molecule has 1 saturated heterocycles. The van der Waals surface area contributed by atoms with Gasteiger partial charge in [-0.25, -0.2) is 4.79 Å². The largest absolute Gasteiger partial charge is 0.491 e. The maximum absolute atomic E-state index is 11.2. The average Bonchev–Trinajstić information content (AvgIpc) is 2.15. The predicted octanol–water partition coefficient (Wildman–Crippen LogP) is 1.28. The summed E-state index contributed by atoms with van der Waals surface area (Å²) in [7, 11) is 0. The molecule has 1 aliphatic heterocycles. The molecule has 2 rings (SSSR count). The number of fused-ring (bicyclic) bond motifs is 1. The third-order valence-electron chi connectivity index (χ3n) is 2.43. The summed E-state index contributed by atoms with van der Waals surface area (Å²) < 4.78 is 5.63. The molecule has 0 radical (unpaired) electrons. The number of amidine groups is 1. The topological polar surface area (TPSA) is 74.2 Å². The quantitative estimate of drug-likeness (QED) is 0.657. The molecule has 16 heavy (non-hydrogen) atoms. The van der Waals surface area contributed by atoms with E-state index >= 15 is 0 Å². The van der Waals surface area contributed by atoms with Crippen molar-refractivity contribution in [1.29, 1.82) is 5.41 Å². The lowest BCUT2D eigenvalue weighted by Crippen LogP contribution is -2.54. The van der Waals surface area contributed by atoms with Crippen LogP contribution in [0.1, 0.15) is 20.3 Å². The van der Waals surface area contributed by atoms with Crippen molar-refractivity contribution in [2.45, 2.75) is 32.4 Å². The summed E-state index contributed by atoms with van der Waals surface area (Å²) in [6.45, 7) is 3.87. The van der Waals surface area contributed by atoms with Gasteiger partial charge in [-0.15, -0.1) is 0 Å². The standard InChI is InChI=1S/C11H15N3O2/c1-6(2)16-8-5-3-4-7-9(8)10(12)14-11(15)13-7/h3,5-7H,4H2,1-2H3,(H3,12,13,14,15). The molecular weight excluding hydrogens is 206 g/mol. The van der Waals surface area contributed by atoms with Gasteiger partial charge in [0.25, 0.3) is 0 Å². The smallest absolute Gasteiger partial charge is 0.320 e. The van der Waals surface area contributed by atoms with Gasteiger partial charge in [-0.2, -0.15) is 0 Å². The first kappa shape index (κ1) is 10.7. The fourth-order valence-corrected chi connectivity index (χ4v) is 1.85. The second kappa shape index (κ2) is 4.00. The Morgan fingerprint density at radius 2 is 2.31 bits per heavy atom. The second-order valence-corrected chi connectivity index (χ2v) is 4.11. The van der Waals surface area contributed by atoms with Crippen LogP contribution in [0.25, 0.3) is 0 Å². The van der Waals surface area contributed by atoms with Crippen molar-refractivity contribution in [1.82, 2.24) is 10.6 Å². The number of nitrogens with one attached hydrogen (secondary N) is 3.